The lowest BCUT2D eigenvalue weighted by Gasteiger charge is -2.18. The van der Waals surface area contributed by atoms with Crippen LogP contribution in [0.5, 0.6) is 0 Å². The van der Waals surface area contributed by atoms with Crippen LogP contribution in [-0.2, 0) is 4.79 Å². The minimum Gasteiger partial charge on any atom is -0.481 e. The third-order valence-electron chi connectivity index (χ3n) is 1.09. The highest BCUT2D eigenvalue weighted by Gasteiger charge is 2.36. The Morgan fingerprint density at radius 2 is 1.56 bits per heavy atom. The summed E-state index contributed by atoms with van der Waals surface area (Å²) in [5, 5.41) is 25.0. The normalized spacial score (nSPS) is 12.1. The molecule has 0 aliphatic carbocycles. The van der Waals surface area contributed by atoms with Crippen molar-refractivity contribution in [2.24, 2.45) is 5.41 Å². The lowest BCUT2D eigenvalue weighted by molar-refractivity contribution is -0.154. The largest absolute Gasteiger partial charge is 0.481 e. The second-order valence-electron chi connectivity index (χ2n) is 2.25. The quantitative estimate of drug-likeness (QED) is 0.507. The third kappa shape index (κ3) is 1.65. The maximum Gasteiger partial charge on any atom is 0.314 e. The number of aliphatic carboxylic acids is 1. The van der Waals surface area contributed by atoms with E-state index in [-0.39, 0.29) is 0 Å². The summed E-state index contributed by atoms with van der Waals surface area (Å²) in [7, 11) is 0. The molecule has 1 radical (unpaired) electrons. The van der Waals surface area contributed by atoms with Crippen molar-refractivity contribution in [2.45, 2.75) is 13.8 Å². The number of aliphatic hydroxyl groups excluding tert-OH is 1. The van der Waals surface area contributed by atoms with Gasteiger partial charge in [-0.05, 0) is 13.8 Å². The Hall–Kier alpha value is -0.610. The molecule has 0 heterocycles. The molecule has 53 valence electrons. The zero-order chi connectivity index (χ0) is 7.65. The topological polar surface area (TPSA) is 77.8 Å². The molecule has 0 atom stereocenters. The number of carboxylic acid groups (broad SMARTS) is 1. The first-order valence-electron chi connectivity index (χ1n) is 2.37. The molecule has 0 rings (SSSR count). The Morgan fingerprint density at radius 1 is 1.22 bits per heavy atom. The van der Waals surface area contributed by atoms with Crippen molar-refractivity contribution in [2.75, 3.05) is 0 Å². The predicted molar refractivity (Wildman–Crippen MR) is 28.5 cm³/mol. The third-order valence-corrected chi connectivity index (χ3v) is 1.09. The molecular weight excluding hydrogens is 124 g/mol. The summed E-state index contributed by atoms with van der Waals surface area (Å²) < 4.78 is 0. The van der Waals surface area contributed by atoms with Gasteiger partial charge in [-0.25, -0.2) is 0 Å². The van der Waals surface area contributed by atoms with Crippen LogP contribution in [0.3, 0.4) is 0 Å². The lowest BCUT2D eigenvalue weighted by atomic mass is 9.93. The Balaban J connectivity index is 4.19. The van der Waals surface area contributed by atoms with E-state index in [0.717, 1.165) is 0 Å². The molecule has 0 saturated heterocycles. The van der Waals surface area contributed by atoms with Gasteiger partial charge in [0, 0.05) is 0 Å². The minimum absolute atomic E-state index is 1.07. The van der Waals surface area contributed by atoms with E-state index in [2.05, 4.69) is 0 Å². The average Bonchev–Trinajstić information content (AvgIpc) is 1.65. The van der Waals surface area contributed by atoms with Gasteiger partial charge in [-0.1, -0.05) is 0 Å². The molecule has 0 aromatic carbocycles. The Bertz CT molecular complexity index is 116. The van der Waals surface area contributed by atoms with Crippen LogP contribution in [0.2, 0.25) is 0 Å². The van der Waals surface area contributed by atoms with Gasteiger partial charge in [0.05, 0.1) is 0 Å². The van der Waals surface area contributed by atoms with Crippen LogP contribution in [0, 0.1) is 11.7 Å². The van der Waals surface area contributed by atoms with E-state index in [1.807, 2.05) is 0 Å². The van der Waals surface area contributed by atoms with Gasteiger partial charge in [-0.2, -0.15) is 0 Å². The molecule has 0 amide bonds. The van der Waals surface area contributed by atoms with Gasteiger partial charge in [0.25, 0.3) is 0 Å². The van der Waals surface area contributed by atoms with Gasteiger partial charge in [-0.3, -0.25) is 4.79 Å². The van der Waals surface area contributed by atoms with E-state index in [9.17, 15) is 4.79 Å². The molecule has 0 aromatic heterocycles. The first-order valence-corrected chi connectivity index (χ1v) is 2.37. The molecule has 0 spiro atoms. The maximum atomic E-state index is 10.1. The van der Waals surface area contributed by atoms with Crippen LogP contribution in [-0.4, -0.2) is 21.3 Å². The van der Waals surface area contributed by atoms with Gasteiger partial charge < -0.3 is 15.3 Å². The Morgan fingerprint density at radius 3 is 1.56 bits per heavy atom. The van der Waals surface area contributed by atoms with Crippen molar-refractivity contribution in [3.63, 3.8) is 0 Å². The van der Waals surface area contributed by atoms with E-state index in [4.69, 9.17) is 15.3 Å². The number of rotatable bonds is 2. The number of carboxylic acids is 1. The summed E-state index contributed by atoms with van der Waals surface area (Å²) in [6, 6.07) is 0. The van der Waals surface area contributed by atoms with Crippen LogP contribution in [0.4, 0.5) is 0 Å². The first kappa shape index (κ1) is 8.39. The molecular formula is C5H9O4. The smallest absolute Gasteiger partial charge is 0.314 e. The number of hydrogen-bond donors (Lipinski definition) is 3. The Labute approximate surface area is 52.7 Å². The van der Waals surface area contributed by atoms with Crippen LogP contribution in [0.1, 0.15) is 13.8 Å². The molecule has 0 aliphatic rings. The summed E-state index contributed by atoms with van der Waals surface area (Å²) in [4.78, 5) is 10.1. The molecule has 9 heavy (non-hydrogen) atoms. The molecule has 0 unspecified atom stereocenters. The van der Waals surface area contributed by atoms with Crippen LogP contribution in [0.15, 0.2) is 0 Å². The van der Waals surface area contributed by atoms with E-state index in [1.165, 1.54) is 13.8 Å². The molecule has 0 aliphatic heterocycles. The molecule has 0 aromatic rings. The van der Waals surface area contributed by atoms with E-state index in [0.29, 0.717) is 0 Å². The highest BCUT2D eigenvalue weighted by Crippen LogP contribution is 2.23. The highest BCUT2D eigenvalue weighted by atomic mass is 16.5. The monoisotopic (exact) mass is 133 g/mol. The fourth-order valence-electron chi connectivity index (χ4n) is 0.0956. The molecule has 0 fully saturated rings. The van der Waals surface area contributed by atoms with E-state index in [1.54, 1.807) is 0 Å². The summed E-state index contributed by atoms with van der Waals surface area (Å²) in [5.41, 5.74) is -1.56. The van der Waals surface area contributed by atoms with Crippen molar-refractivity contribution in [1.82, 2.24) is 0 Å². The maximum absolute atomic E-state index is 10.1. The second kappa shape index (κ2) is 2.33. The fourth-order valence-corrected chi connectivity index (χ4v) is 0.0956. The standard InChI is InChI=1S/C5H9O4/c1-5(2,3(6)7)4(8)9/h6-7H,1-2H3,(H,8,9). The summed E-state index contributed by atoms with van der Waals surface area (Å²) >= 11 is 0. The van der Waals surface area contributed by atoms with E-state index < -0.39 is 17.7 Å². The van der Waals surface area contributed by atoms with Crippen LogP contribution in [0.25, 0.3) is 0 Å². The highest BCUT2D eigenvalue weighted by molar-refractivity contribution is 5.75. The summed E-state index contributed by atoms with van der Waals surface area (Å²) in [6.45, 7) is 2.40. The van der Waals surface area contributed by atoms with Crippen molar-refractivity contribution >= 4 is 5.97 Å². The minimum atomic E-state index is -1.56. The molecule has 4 nitrogen and oxygen atoms in total. The van der Waals surface area contributed by atoms with Crippen molar-refractivity contribution in [3.05, 3.63) is 6.29 Å². The molecule has 4 heteroatoms. The van der Waals surface area contributed by atoms with Crippen molar-refractivity contribution < 1.29 is 20.1 Å². The molecule has 0 saturated carbocycles. The van der Waals surface area contributed by atoms with Gasteiger partial charge in [0.1, 0.15) is 5.41 Å². The number of carbonyl (C=O) groups is 1. The number of hydrogen-bond acceptors (Lipinski definition) is 3. The average molecular weight is 133 g/mol. The summed E-state index contributed by atoms with van der Waals surface area (Å²) in [5.74, 6) is -1.26. The summed E-state index contributed by atoms with van der Waals surface area (Å²) in [6.07, 6.45) is -1.07. The molecule has 0 bridgehead atoms. The molecule has 3 N–H and O–H groups in total. The van der Waals surface area contributed by atoms with Gasteiger partial charge >= 0.3 is 5.97 Å². The zero-order valence-corrected chi connectivity index (χ0v) is 5.25. The number of aliphatic hydroxyl groups is 2. The SMILES string of the molecule is CC(C)([C](O)O)C(=O)O. The van der Waals surface area contributed by atoms with Gasteiger partial charge in [0.2, 0.25) is 6.29 Å². The predicted octanol–water partition coefficient (Wildman–Crippen LogP) is 0.332. The first-order chi connectivity index (χ1) is 3.89. The van der Waals surface area contributed by atoms with Gasteiger partial charge in [-0.15, -0.1) is 0 Å². The van der Waals surface area contributed by atoms with Crippen molar-refractivity contribution in [1.29, 1.82) is 0 Å². The second-order valence-corrected chi connectivity index (χ2v) is 2.25. The van der Waals surface area contributed by atoms with Crippen LogP contribution >= 0.6 is 0 Å². The van der Waals surface area contributed by atoms with Crippen molar-refractivity contribution in [3.8, 4) is 0 Å². The van der Waals surface area contributed by atoms with Crippen LogP contribution < -0.4 is 0 Å². The van der Waals surface area contributed by atoms with Gasteiger partial charge in [0.15, 0.2) is 0 Å². The lowest BCUT2D eigenvalue weighted by Crippen LogP contribution is -2.30. The Kier molecular flexibility index (Phi) is 2.17. The fraction of sp³-hybridized carbons (Fsp3) is 0.600. The zero-order valence-electron chi connectivity index (χ0n) is 5.25. The van der Waals surface area contributed by atoms with E-state index >= 15 is 0 Å².